The molecule has 0 spiro atoms. The molecule has 2 heterocycles. The average Bonchev–Trinajstić information content (AvgIpc) is 3.32. The number of rotatable bonds is 4. The van der Waals surface area contributed by atoms with Crippen LogP contribution in [0.2, 0.25) is 0 Å². The summed E-state index contributed by atoms with van der Waals surface area (Å²) in [5.74, 6) is -1.49. The predicted octanol–water partition coefficient (Wildman–Crippen LogP) is 0.865. The van der Waals surface area contributed by atoms with Crippen LogP contribution in [-0.2, 0) is 4.79 Å². The molecule has 0 atom stereocenters. The lowest BCUT2D eigenvalue weighted by molar-refractivity contribution is -0.137. The van der Waals surface area contributed by atoms with Crippen molar-refractivity contribution in [2.45, 2.75) is 18.9 Å². The van der Waals surface area contributed by atoms with Crippen LogP contribution in [0.25, 0.3) is 16.6 Å². The van der Waals surface area contributed by atoms with E-state index >= 15 is 0 Å². The summed E-state index contributed by atoms with van der Waals surface area (Å²) in [6.07, 6.45) is 2.95. The van der Waals surface area contributed by atoms with Crippen molar-refractivity contribution in [1.82, 2.24) is 19.5 Å². The van der Waals surface area contributed by atoms with Crippen molar-refractivity contribution >= 4 is 28.4 Å². The van der Waals surface area contributed by atoms with Crippen LogP contribution in [0.3, 0.4) is 0 Å². The smallest absolute Gasteiger partial charge is 0.323 e. The van der Waals surface area contributed by atoms with E-state index in [1.54, 1.807) is 24.3 Å². The maximum absolute atomic E-state index is 12.8. The molecule has 24 heavy (non-hydrogen) atoms. The molecule has 2 N–H and O–H groups in total. The van der Waals surface area contributed by atoms with Crippen molar-refractivity contribution < 1.29 is 14.7 Å². The SMILES string of the molecule is O=C(O)CN(C(=O)c1cnn2c1[nH]c(=O)c1ccccc12)C1CC1. The lowest BCUT2D eigenvalue weighted by Crippen LogP contribution is -2.37. The normalized spacial score (nSPS) is 14.2. The second kappa shape index (κ2) is 5.19. The molecule has 1 fully saturated rings. The number of nitrogens with one attached hydrogen (secondary N) is 1. The molecule has 8 nitrogen and oxygen atoms in total. The van der Waals surface area contributed by atoms with Crippen LogP contribution in [-0.4, -0.2) is 49.1 Å². The molecule has 3 aromatic rings. The van der Waals surface area contributed by atoms with Gasteiger partial charge in [0.2, 0.25) is 0 Å². The Bertz CT molecular complexity index is 1030. The third kappa shape index (κ3) is 2.23. The highest BCUT2D eigenvalue weighted by Gasteiger charge is 2.35. The van der Waals surface area contributed by atoms with Crippen LogP contribution in [0.5, 0.6) is 0 Å². The number of hydrogen-bond acceptors (Lipinski definition) is 4. The summed E-state index contributed by atoms with van der Waals surface area (Å²) >= 11 is 0. The van der Waals surface area contributed by atoms with E-state index in [9.17, 15) is 14.4 Å². The fourth-order valence-electron chi connectivity index (χ4n) is 2.89. The summed E-state index contributed by atoms with van der Waals surface area (Å²) in [6.45, 7) is -0.362. The third-order valence-electron chi connectivity index (χ3n) is 4.16. The minimum absolute atomic E-state index is 0.0595. The monoisotopic (exact) mass is 326 g/mol. The van der Waals surface area contributed by atoms with Crippen LogP contribution < -0.4 is 5.56 Å². The lowest BCUT2D eigenvalue weighted by Gasteiger charge is -2.19. The standard InChI is InChI=1S/C16H14N4O4/c21-13(22)8-19(9-5-6-9)16(24)11-7-17-20-12-4-2-1-3-10(12)15(23)18-14(11)20/h1-4,7,9H,5-6,8H2,(H,18,23)(H,21,22). The highest BCUT2D eigenvalue weighted by molar-refractivity contribution is 6.02. The molecule has 0 radical (unpaired) electrons. The number of aliphatic carboxylic acids is 1. The van der Waals surface area contributed by atoms with Gasteiger partial charge in [-0.15, -0.1) is 0 Å². The number of carbonyl (C=O) groups is 2. The van der Waals surface area contributed by atoms with Crippen LogP contribution in [0, 0.1) is 0 Å². The quantitative estimate of drug-likeness (QED) is 0.739. The first-order chi connectivity index (χ1) is 11.6. The number of aromatic nitrogens is 3. The number of aromatic amines is 1. The van der Waals surface area contributed by atoms with E-state index in [0.717, 1.165) is 12.8 Å². The van der Waals surface area contributed by atoms with Crippen molar-refractivity contribution in [3.05, 3.63) is 46.4 Å². The van der Waals surface area contributed by atoms with Crippen LogP contribution in [0.15, 0.2) is 35.3 Å². The molecule has 122 valence electrons. The first-order valence-corrected chi connectivity index (χ1v) is 7.58. The summed E-state index contributed by atoms with van der Waals surface area (Å²) in [5.41, 5.74) is 0.751. The Morgan fingerprint density at radius 3 is 2.79 bits per heavy atom. The van der Waals surface area contributed by atoms with Crippen molar-refractivity contribution in [3.8, 4) is 0 Å². The summed E-state index contributed by atoms with van der Waals surface area (Å²) in [4.78, 5) is 40.1. The maximum atomic E-state index is 12.8. The number of para-hydroxylation sites is 1. The maximum Gasteiger partial charge on any atom is 0.323 e. The third-order valence-corrected chi connectivity index (χ3v) is 4.16. The summed E-state index contributed by atoms with van der Waals surface area (Å²) in [5, 5.41) is 13.7. The molecule has 4 rings (SSSR count). The van der Waals surface area contributed by atoms with Gasteiger partial charge in [0.25, 0.3) is 11.5 Å². The molecule has 0 saturated heterocycles. The molecule has 0 bridgehead atoms. The molecular weight excluding hydrogens is 312 g/mol. The van der Waals surface area contributed by atoms with E-state index < -0.39 is 11.9 Å². The highest BCUT2D eigenvalue weighted by Crippen LogP contribution is 2.28. The Balaban J connectivity index is 1.86. The van der Waals surface area contributed by atoms with E-state index in [0.29, 0.717) is 10.9 Å². The number of carboxylic acid groups (broad SMARTS) is 1. The van der Waals surface area contributed by atoms with E-state index in [1.807, 2.05) is 0 Å². The lowest BCUT2D eigenvalue weighted by atomic mass is 10.2. The number of amides is 1. The molecule has 1 amide bonds. The minimum atomic E-state index is -1.06. The Morgan fingerprint density at radius 2 is 2.08 bits per heavy atom. The van der Waals surface area contributed by atoms with Gasteiger partial charge in [-0.05, 0) is 25.0 Å². The largest absolute Gasteiger partial charge is 0.480 e. The molecule has 1 saturated carbocycles. The second-order valence-electron chi connectivity index (χ2n) is 5.85. The molecule has 8 heteroatoms. The summed E-state index contributed by atoms with van der Waals surface area (Å²) in [7, 11) is 0. The minimum Gasteiger partial charge on any atom is -0.480 e. The molecule has 1 aliphatic carbocycles. The Morgan fingerprint density at radius 1 is 1.33 bits per heavy atom. The Kier molecular flexibility index (Phi) is 3.12. The summed E-state index contributed by atoms with van der Waals surface area (Å²) < 4.78 is 1.50. The fraction of sp³-hybridized carbons (Fsp3) is 0.250. The first-order valence-electron chi connectivity index (χ1n) is 7.58. The van der Waals surface area contributed by atoms with E-state index in [4.69, 9.17) is 5.11 Å². The van der Waals surface area contributed by atoms with E-state index in [2.05, 4.69) is 10.1 Å². The van der Waals surface area contributed by atoms with Gasteiger partial charge >= 0.3 is 5.97 Å². The molecule has 0 unspecified atom stereocenters. The van der Waals surface area contributed by atoms with Gasteiger partial charge in [0, 0.05) is 6.04 Å². The van der Waals surface area contributed by atoms with Gasteiger partial charge in [-0.3, -0.25) is 14.4 Å². The Labute approximate surface area is 135 Å². The average molecular weight is 326 g/mol. The van der Waals surface area contributed by atoms with Crippen LogP contribution in [0.4, 0.5) is 0 Å². The van der Waals surface area contributed by atoms with Gasteiger partial charge in [0.05, 0.1) is 17.1 Å². The van der Waals surface area contributed by atoms with Gasteiger partial charge in [-0.1, -0.05) is 12.1 Å². The van der Waals surface area contributed by atoms with Crippen molar-refractivity contribution in [3.63, 3.8) is 0 Å². The number of nitrogens with zero attached hydrogens (tertiary/aromatic N) is 3. The van der Waals surface area contributed by atoms with Gasteiger partial charge < -0.3 is 15.0 Å². The highest BCUT2D eigenvalue weighted by atomic mass is 16.4. The second-order valence-corrected chi connectivity index (χ2v) is 5.85. The zero-order valence-corrected chi connectivity index (χ0v) is 12.6. The number of hydrogen-bond donors (Lipinski definition) is 2. The fourth-order valence-corrected chi connectivity index (χ4v) is 2.89. The Hall–Kier alpha value is -3.16. The number of carboxylic acids is 1. The molecule has 1 aliphatic rings. The number of carbonyl (C=O) groups excluding carboxylic acids is 1. The van der Waals surface area contributed by atoms with E-state index in [1.165, 1.54) is 15.6 Å². The van der Waals surface area contributed by atoms with Crippen LogP contribution >= 0.6 is 0 Å². The zero-order chi connectivity index (χ0) is 16.8. The zero-order valence-electron chi connectivity index (χ0n) is 12.6. The van der Waals surface area contributed by atoms with Gasteiger partial charge in [0.1, 0.15) is 17.8 Å². The van der Waals surface area contributed by atoms with Crippen molar-refractivity contribution in [1.29, 1.82) is 0 Å². The van der Waals surface area contributed by atoms with Gasteiger partial charge in [-0.25, -0.2) is 4.52 Å². The van der Waals surface area contributed by atoms with E-state index in [-0.39, 0.29) is 29.4 Å². The van der Waals surface area contributed by atoms with Crippen molar-refractivity contribution in [2.75, 3.05) is 6.54 Å². The number of H-pyrrole nitrogens is 1. The molecule has 0 aliphatic heterocycles. The summed E-state index contributed by atoms with van der Waals surface area (Å²) in [6, 6.07) is 6.90. The van der Waals surface area contributed by atoms with Gasteiger partial charge in [0.15, 0.2) is 0 Å². The molecule has 2 aromatic heterocycles. The number of benzene rings is 1. The topological polar surface area (TPSA) is 108 Å². The molecular formula is C16H14N4O4. The van der Waals surface area contributed by atoms with Crippen molar-refractivity contribution in [2.24, 2.45) is 0 Å². The molecule has 1 aromatic carbocycles. The number of fused-ring (bicyclic) bond motifs is 3. The first kappa shape index (κ1) is 14.4. The van der Waals surface area contributed by atoms with Crippen LogP contribution in [0.1, 0.15) is 23.2 Å². The van der Waals surface area contributed by atoms with Gasteiger partial charge in [-0.2, -0.15) is 5.10 Å². The predicted molar refractivity (Wildman–Crippen MR) is 85.0 cm³/mol.